The summed E-state index contributed by atoms with van der Waals surface area (Å²) in [6.07, 6.45) is 5.78. The molecule has 0 bridgehead atoms. The highest BCUT2D eigenvalue weighted by Gasteiger charge is 2.20. The lowest BCUT2D eigenvalue weighted by molar-refractivity contribution is 0.173. The average Bonchev–Trinajstić information content (AvgIpc) is 2.96. The Kier molecular flexibility index (Phi) is 3.60. The molecule has 1 fully saturated rings. The van der Waals surface area contributed by atoms with Crippen molar-refractivity contribution in [3.63, 3.8) is 0 Å². The summed E-state index contributed by atoms with van der Waals surface area (Å²) in [5, 5.41) is 4.25. The zero-order chi connectivity index (χ0) is 13.1. The van der Waals surface area contributed by atoms with Crippen molar-refractivity contribution in [3.05, 3.63) is 48.0 Å². The highest BCUT2D eigenvalue weighted by Crippen LogP contribution is 2.22. The molecule has 1 saturated heterocycles. The smallest absolute Gasteiger partial charge is 0.137 e. The van der Waals surface area contributed by atoms with E-state index in [0.29, 0.717) is 6.04 Å². The van der Waals surface area contributed by atoms with E-state index in [-0.39, 0.29) is 0 Å². The van der Waals surface area contributed by atoms with Crippen LogP contribution in [0.3, 0.4) is 0 Å². The van der Waals surface area contributed by atoms with Gasteiger partial charge in [0.2, 0.25) is 0 Å². The summed E-state index contributed by atoms with van der Waals surface area (Å²) in [5.74, 6) is 0. The summed E-state index contributed by atoms with van der Waals surface area (Å²) in [7, 11) is 0. The van der Waals surface area contributed by atoms with E-state index in [9.17, 15) is 0 Å². The van der Waals surface area contributed by atoms with Crippen molar-refractivity contribution >= 4 is 0 Å². The number of hydrogen-bond acceptors (Lipinski definition) is 3. The van der Waals surface area contributed by atoms with Crippen LogP contribution < -0.4 is 0 Å². The second-order valence-corrected chi connectivity index (χ2v) is 5.37. The van der Waals surface area contributed by atoms with Gasteiger partial charge in [0.25, 0.3) is 0 Å². The Labute approximate surface area is 114 Å². The maximum Gasteiger partial charge on any atom is 0.137 e. The molecule has 4 nitrogen and oxygen atoms in total. The normalized spacial score (nSPS) is 17.7. The molecule has 0 spiro atoms. The molecule has 0 aliphatic carbocycles. The van der Waals surface area contributed by atoms with Crippen LogP contribution in [0.15, 0.2) is 36.9 Å². The first kappa shape index (κ1) is 12.4. The van der Waals surface area contributed by atoms with Gasteiger partial charge in [-0.15, -0.1) is 0 Å². The summed E-state index contributed by atoms with van der Waals surface area (Å²) in [5.41, 5.74) is 2.73. The minimum absolute atomic E-state index is 0.525. The zero-order valence-corrected chi connectivity index (χ0v) is 11.4. The number of aromatic nitrogens is 3. The molecule has 4 heteroatoms. The summed E-state index contributed by atoms with van der Waals surface area (Å²) >= 11 is 0. The van der Waals surface area contributed by atoms with Crippen LogP contribution in [0.4, 0.5) is 0 Å². The van der Waals surface area contributed by atoms with E-state index in [1.807, 2.05) is 11.0 Å². The van der Waals surface area contributed by atoms with E-state index >= 15 is 0 Å². The third kappa shape index (κ3) is 3.01. The quantitative estimate of drug-likeness (QED) is 0.845. The van der Waals surface area contributed by atoms with Crippen molar-refractivity contribution in [1.82, 2.24) is 19.7 Å². The highest BCUT2D eigenvalue weighted by molar-refractivity contribution is 5.21. The molecule has 0 saturated carbocycles. The molecular weight excluding hydrogens is 236 g/mol. The van der Waals surface area contributed by atoms with Gasteiger partial charge in [-0.1, -0.05) is 29.8 Å². The first-order valence-electron chi connectivity index (χ1n) is 6.93. The topological polar surface area (TPSA) is 34.0 Å². The van der Waals surface area contributed by atoms with E-state index in [1.165, 1.54) is 11.1 Å². The standard InChI is InChI=1S/C15H20N4/c1-13-2-4-14(5-3-13)10-18-8-6-15(7-9-18)19-12-16-11-17-19/h2-5,11-12,15H,6-10H2,1H3. The Bertz CT molecular complexity index is 495. The molecule has 3 rings (SSSR count). The van der Waals surface area contributed by atoms with Crippen LogP contribution in [0.5, 0.6) is 0 Å². The molecule has 0 N–H and O–H groups in total. The van der Waals surface area contributed by atoms with Crippen molar-refractivity contribution in [2.75, 3.05) is 13.1 Å². The van der Waals surface area contributed by atoms with Crippen LogP contribution in [0, 0.1) is 6.92 Å². The number of piperidine rings is 1. The van der Waals surface area contributed by atoms with Gasteiger partial charge in [-0.25, -0.2) is 9.67 Å². The van der Waals surface area contributed by atoms with Crippen molar-refractivity contribution in [2.24, 2.45) is 0 Å². The van der Waals surface area contributed by atoms with Crippen LogP contribution in [0.1, 0.15) is 30.0 Å². The third-order valence-corrected chi connectivity index (χ3v) is 3.89. The van der Waals surface area contributed by atoms with Gasteiger partial charge >= 0.3 is 0 Å². The first-order chi connectivity index (χ1) is 9.31. The van der Waals surface area contributed by atoms with Crippen LogP contribution in [-0.4, -0.2) is 32.8 Å². The summed E-state index contributed by atoms with van der Waals surface area (Å²) in [6.45, 7) is 5.47. The summed E-state index contributed by atoms with van der Waals surface area (Å²) < 4.78 is 2.00. The van der Waals surface area contributed by atoms with Gasteiger partial charge in [0, 0.05) is 19.6 Å². The van der Waals surface area contributed by atoms with Crippen molar-refractivity contribution < 1.29 is 0 Å². The molecule has 1 aromatic heterocycles. The lowest BCUT2D eigenvalue weighted by atomic mass is 10.0. The van der Waals surface area contributed by atoms with Gasteiger partial charge in [0.05, 0.1) is 6.04 Å². The highest BCUT2D eigenvalue weighted by atomic mass is 15.3. The van der Waals surface area contributed by atoms with E-state index in [0.717, 1.165) is 32.5 Å². The van der Waals surface area contributed by atoms with Crippen LogP contribution in [0.2, 0.25) is 0 Å². The summed E-state index contributed by atoms with van der Waals surface area (Å²) in [4.78, 5) is 6.56. The monoisotopic (exact) mass is 256 g/mol. The molecule has 100 valence electrons. The Hall–Kier alpha value is -1.68. The third-order valence-electron chi connectivity index (χ3n) is 3.89. The Balaban J connectivity index is 1.54. The van der Waals surface area contributed by atoms with Crippen molar-refractivity contribution in [1.29, 1.82) is 0 Å². The molecule has 0 amide bonds. The van der Waals surface area contributed by atoms with Gasteiger partial charge in [-0.2, -0.15) is 5.10 Å². The van der Waals surface area contributed by atoms with Crippen LogP contribution in [0.25, 0.3) is 0 Å². The van der Waals surface area contributed by atoms with Crippen LogP contribution in [-0.2, 0) is 6.54 Å². The summed E-state index contributed by atoms with van der Waals surface area (Å²) in [6, 6.07) is 9.38. The molecule has 2 aromatic rings. The molecule has 0 atom stereocenters. The van der Waals surface area contributed by atoms with Crippen molar-refractivity contribution in [3.8, 4) is 0 Å². The van der Waals surface area contributed by atoms with Crippen molar-refractivity contribution in [2.45, 2.75) is 32.4 Å². The van der Waals surface area contributed by atoms with Gasteiger partial charge in [0.15, 0.2) is 0 Å². The number of rotatable bonds is 3. The number of hydrogen-bond donors (Lipinski definition) is 0. The molecular formula is C15H20N4. The second kappa shape index (κ2) is 5.53. The fraction of sp³-hybridized carbons (Fsp3) is 0.467. The second-order valence-electron chi connectivity index (χ2n) is 5.37. The average molecular weight is 256 g/mol. The molecule has 2 heterocycles. The fourth-order valence-corrected chi connectivity index (χ4v) is 2.70. The number of aryl methyl sites for hydroxylation is 1. The van der Waals surface area contributed by atoms with Gasteiger partial charge in [-0.3, -0.25) is 4.90 Å². The molecule has 0 unspecified atom stereocenters. The van der Waals surface area contributed by atoms with Gasteiger partial charge in [0.1, 0.15) is 12.7 Å². The molecule has 1 aliphatic rings. The van der Waals surface area contributed by atoms with E-state index in [4.69, 9.17) is 0 Å². The first-order valence-corrected chi connectivity index (χ1v) is 6.93. The van der Waals surface area contributed by atoms with Crippen LogP contribution >= 0.6 is 0 Å². The SMILES string of the molecule is Cc1ccc(CN2CCC(n3cncn3)CC2)cc1. The lowest BCUT2D eigenvalue weighted by Crippen LogP contribution is -2.34. The van der Waals surface area contributed by atoms with E-state index < -0.39 is 0 Å². The fourth-order valence-electron chi connectivity index (χ4n) is 2.70. The maximum absolute atomic E-state index is 4.25. The van der Waals surface area contributed by atoms with Gasteiger partial charge in [-0.05, 0) is 25.3 Å². The Morgan fingerprint density at radius 1 is 1.16 bits per heavy atom. The van der Waals surface area contributed by atoms with E-state index in [2.05, 4.69) is 46.2 Å². The molecule has 19 heavy (non-hydrogen) atoms. The molecule has 0 radical (unpaired) electrons. The largest absolute Gasteiger partial charge is 0.299 e. The van der Waals surface area contributed by atoms with Gasteiger partial charge < -0.3 is 0 Å². The van der Waals surface area contributed by atoms with E-state index in [1.54, 1.807) is 6.33 Å². The zero-order valence-electron chi connectivity index (χ0n) is 11.4. The number of likely N-dealkylation sites (tertiary alicyclic amines) is 1. The molecule has 1 aromatic carbocycles. The number of nitrogens with zero attached hydrogens (tertiary/aromatic N) is 4. The number of benzene rings is 1. The Morgan fingerprint density at radius 3 is 2.53 bits per heavy atom. The maximum atomic E-state index is 4.25. The minimum atomic E-state index is 0.525. The lowest BCUT2D eigenvalue weighted by Gasteiger charge is -2.31. The predicted octanol–water partition coefficient (Wildman–Crippen LogP) is 2.42. The predicted molar refractivity (Wildman–Crippen MR) is 74.7 cm³/mol. The molecule has 1 aliphatic heterocycles. The minimum Gasteiger partial charge on any atom is -0.299 e. The Morgan fingerprint density at radius 2 is 1.89 bits per heavy atom.